The van der Waals surface area contributed by atoms with Crippen molar-refractivity contribution in [3.05, 3.63) is 35.4 Å². The van der Waals surface area contributed by atoms with E-state index in [4.69, 9.17) is 4.74 Å². The predicted molar refractivity (Wildman–Crippen MR) is 53.8 cm³/mol. The van der Waals surface area contributed by atoms with E-state index in [1.807, 2.05) is 0 Å². The summed E-state index contributed by atoms with van der Waals surface area (Å²) in [5.41, 5.74) is 3.09. The molecule has 2 bridgehead atoms. The quantitative estimate of drug-likeness (QED) is 0.655. The maximum atomic E-state index is 6.24. The molecule has 1 aromatic rings. The van der Waals surface area contributed by atoms with Gasteiger partial charge in [0.1, 0.15) is 0 Å². The molecule has 1 heteroatoms. The minimum Gasteiger partial charge on any atom is -0.362 e. The van der Waals surface area contributed by atoms with Gasteiger partial charge in [0, 0.05) is 0 Å². The van der Waals surface area contributed by atoms with Crippen molar-refractivity contribution >= 4 is 0 Å². The average molecular weight is 186 g/mol. The number of fused-ring (bicyclic) bond motifs is 8. The highest BCUT2D eigenvalue weighted by atomic mass is 16.5. The highest BCUT2D eigenvalue weighted by Gasteiger charge is 2.68. The molecular formula is C13H14O. The number of ether oxygens (including phenoxy) is 1. The van der Waals surface area contributed by atoms with Crippen LogP contribution in [-0.4, -0.2) is 0 Å². The van der Waals surface area contributed by atoms with Crippen molar-refractivity contribution in [2.24, 2.45) is 11.8 Å². The van der Waals surface area contributed by atoms with Gasteiger partial charge in [-0.15, -0.1) is 0 Å². The van der Waals surface area contributed by atoms with E-state index in [-0.39, 0.29) is 5.60 Å². The molecule has 3 aliphatic rings. The summed E-state index contributed by atoms with van der Waals surface area (Å²) in [6.07, 6.45) is 2.98. The Morgan fingerprint density at radius 3 is 3.14 bits per heavy atom. The summed E-state index contributed by atoms with van der Waals surface area (Å²) in [5.74, 6) is 1.69. The lowest BCUT2D eigenvalue weighted by molar-refractivity contribution is -0.0543. The molecule has 4 atom stereocenters. The zero-order valence-corrected chi connectivity index (χ0v) is 8.36. The van der Waals surface area contributed by atoms with E-state index in [0.29, 0.717) is 6.10 Å². The Labute approximate surface area is 84.1 Å². The van der Waals surface area contributed by atoms with Crippen LogP contribution in [-0.2, 0) is 10.3 Å². The fourth-order valence-corrected chi connectivity index (χ4v) is 3.71. The third kappa shape index (κ3) is 0.594. The molecular weight excluding hydrogens is 172 g/mol. The first kappa shape index (κ1) is 7.47. The SMILES string of the molecule is CC[C@]12O[C@H](c3ccccc31)[C@H]1C[C@H]12. The second-order valence-corrected chi connectivity index (χ2v) is 4.87. The van der Waals surface area contributed by atoms with Crippen molar-refractivity contribution in [2.45, 2.75) is 31.5 Å². The second kappa shape index (κ2) is 2.06. The van der Waals surface area contributed by atoms with Gasteiger partial charge in [0.05, 0.1) is 11.7 Å². The van der Waals surface area contributed by atoms with Crippen LogP contribution in [0.3, 0.4) is 0 Å². The van der Waals surface area contributed by atoms with Crippen LogP contribution in [0, 0.1) is 11.8 Å². The Morgan fingerprint density at radius 2 is 2.29 bits per heavy atom. The molecule has 0 aromatic heterocycles. The molecule has 1 saturated carbocycles. The van der Waals surface area contributed by atoms with E-state index < -0.39 is 0 Å². The fourth-order valence-electron chi connectivity index (χ4n) is 3.71. The minimum absolute atomic E-state index is 0.117. The summed E-state index contributed by atoms with van der Waals surface area (Å²) >= 11 is 0. The highest BCUT2D eigenvalue weighted by Crippen LogP contribution is 2.72. The fraction of sp³-hybridized carbons (Fsp3) is 0.538. The van der Waals surface area contributed by atoms with Gasteiger partial charge in [0.2, 0.25) is 0 Å². The summed E-state index contributed by atoms with van der Waals surface area (Å²) in [5, 5.41) is 0. The van der Waals surface area contributed by atoms with Crippen molar-refractivity contribution < 1.29 is 4.74 Å². The molecule has 72 valence electrons. The molecule has 4 rings (SSSR count). The number of hydrogen-bond acceptors (Lipinski definition) is 1. The van der Waals surface area contributed by atoms with E-state index in [1.165, 1.54) is 17.5 Å². The zero-order chi connectivity index (χ0) is 9.34. The van der Waals surface area contributed by atoms with Crippen LogP contribution in [0.15, 0.2) is 24.3 Å². The molecule has 1 aliphatic carbocycles. The van der Waals surface area contributed by atoms with Crippen molar-refractivity contribution in [1.82, 2.24) is 0 Å². The Bertz CT molecular complexity index is 411. The topological polar surface area (TPSA) is 9.23 Å². The molecule has 1 aromatic carbocycles. The first-order valence-electron chi connectivity index (χ1n) is 5.64. The molecule has 0 N–H and O–H groups in total. The van der Waals surface area contributed by atoms with Crippen molar-refractivity contribution in [2.75, 3.05) is 0 Å². The van der Waals surface area contributed by atoms with Gasteiger partial charge in [-0.25, -0.2) is 0 Å². The van der Waals surface area contributed by atoms with Crippen LogP contribution < -0.4 is 0 Å². The first-order valence-corrected chi connectivity index (χ1v) is 5.64. The van der Waals surface area contributed by atoms with E-state index in [1.54, 1.807) is 0 Å². The normalized spacial score (nSPS) is 46.2. The summed E-state index contributed by atoms with van der Waals surface area (Å²) < 4.78 is 6.24. The molecule has 0 spiro atoms. The zero-order valence-electron chi connectivity index (χ0n) is 8.36. The minimum atomic E-state index is 0.117. The van der Waals surface area contributed by atoms with E-state index in [0.717, 1.165) is 18.3 Å². The molecule has 0 radical (unpaired) electrons. The molecule has 2 aliphatic heterocycles. The van der Waals surface area contributed by atoms with Crippen LogP contribution in [0.25, 0.3) is 0 Å². The average Bonchev–Trinajstić information content (AvgIpc) is 2.91. The molecule has 0 unspecified atom stereocenters. The summed E-state index contributed by atoms with van der Waals surface area (Å²) in [6, 6.07) is 8.82. The second-order valence-electron chi connectivity index (χ2n) is 4.87. The maximum Gasteiger partial charge on any atom is 0.0972 e. The lowest BCUT2D eigenvalue weighted by atomic mass is 9.80. The third-order valence-electron chi connectivity index (χ3n) is 4.41. The molecule has 2 fully saturated rings. The summed E-state index contributed by atoms with van der Waals surface area (Å²) in [6.45, 7) is 2.26. The molecule has 1 saturated heterocycles. The van der Waals surface area contributed by atoms with Crippen LogP contribution in [0.5, 0.6) is 0 Å². The maximum absolute atomic E-state index is 6.24. The molecule has 2 heterocycles. The number of hydrogen-bond donors (Lipinski definition) is 0. The van der Waals surface area contributed by atoms with Gasteiger partial charge in [-0.05, 0) is 35.8 Å². The van der Waals surface area contributed by atoms with Crippen LogP contribution in [0.1, 0.15) is 37.0 Å². The number of benzene rings is 1. The van der Waals surface area contributed by atoms with Crippen molar-refractivity contribution in [1.29, 1.82) is 0 Å². The third-order valence-corrected chi connectivity index (χ3v) is 4.41. The smallest absolute Gasteiger partial charge is 0.0972 e. The van der Waals surface area contributed by atoms with Crippen molar-refractivity contribution in [3.63, 3.8) is 0 Å². The van der Waals surface area contributed by atoms with Gasteiger partial charge in [-0.2, -0.15) is 0 Å². The highest BCUT2D eigenvalue weighted by molar-refractivity contribution is 5.45. The first-order chi connectivity index (χ1) is 6.87. The standard InChI is InChI=1S/C13H14O/c1-2-13-10-6-4-3-5-8(10)12(14-13)9-7-11(9)13/h3-6,9,11-12H,2,7H2,1H3/t9-,11+,12+,13-/m0/s1. The Kier molecular flexibility index (Phi) is 1.10. The van der Waals surface area contributed by atoms with Gasteiger partial charge >= 0.3 is 0 Å². The van der Waals surface area contributed by atoms with Gasteiger partial charge < -0.3 is 4.74 Å². The van der Waals surface area contributed by atoms with Crippen LogP contribution in [0.4, 0.5) is 0 Å². The number of rotatable bonds is 1. The largest absolute Gasteiger partial charge is 0.362 e. The predicted octanol–water partition coefficient (Wildman–Crippen LogP) is 3.01. The van der Waals surface area contributed by atoms with Gasteiger partial charge in [0.15, 0.2) is 0 Å². The van der Waals surface area contributed by atoms with E-state index in [2.05, 4.69) is 31.2 Å². The van der Waals surface area contributed by atoms with Crippen LogP contribution >= 0.6 is 0 Å². The Balaban J connectivity index is 2.00. The Hall–Kier alpha value is -0.820. The van der Waals surface area contributed by atoms with Crippen molar-refractivity contribution in [3.8, 4) is 0 Å². The van der Waals surface area contributed by atoms with Gasteiger partial charge in [0.25, 0.3) is 0 Å². The molecule has 14 heavy (non-hydrogen) atoms. The van der Waals surface area contributed by atoms with Gasteiger partial charge in [-0.3, -0.25) is 0 Å². The van der Waals surface area contributed by atoms with Crippen LogP contribution in [0.2, 0.25) is 0 Å². The van der Waals surface area contributed by atoms with E-state index >= 15 is 0 Å². The van der Waals surface area contributed by atoms with Gasteiger partial charge in [-0.1, -0.05) is 31.2 Å². The monoisotopic (exact) mass is 186 g/mol. The lowest BCUT2D eigenvalue weighted by Gasteiger charge is -2.26. The Morgan fingerprint density at radius 1 is 1.43 bits per heavy atom. The molecule has 1 nitrogen and oxygen atoms in total. The summed E-state index contributed by atoms with van der Waals surface area (Å²) in [7, 11) is 0. The van der Waals surface area contributed by atoms with E-state index in [9.17, 15) is 0 Å². The summed E-state index contributed by atoms with van der Waals surface area (Å²) in [4.78, 5) is 0. The lowest BCUT2D eigenvalue weighted by Crippen LogP contribution is -2.25. The molecule has 0 amide bonds.